The van der Waals surface area contributed by atoms with Crippen molar-refractivity contribution in [2.45, 2.75) is 6.18 Å². The Morgan fingerprint density at radius 2 is 2.00 bits per heavy atom. The molecule has 0 aliphatic heterocycles. The number of carbonyl (C=O) groups is 2. The molecule has 0 atom stereocenters. The lowest BCUT2D eigenvalue weighted by Gasteiger charge is -2.12. The number of alkyl halides is 4. The summed E-state index contributed by atoms with van der Waals surface area (Å²) in [6.07, 6.45) is -4.94. The second-order valence-electron chi connectivity index (χ2n) is 3.39. The molecule has 0 spiro atoms. The summed E-state index contributed by atoms with van der Waals surface area (Å²) in [5.74, 6) is -1.00. The molecule has 0 unspecified atom stereocenters. The van der Waals surface area contributed by atoms with Crippen LogP contribution in [0.15, 0.2) is 12.1 Å². The Bertz CT molecular complexity index is 556. The van der Waals surface area contributed by atoms with E-state index in [1.807, 2.05) is 0 Å². The maximum Gasteiger partial charge on any atom is 0.423 e. The zero-order chi connectivity index (χ0) is 14.8. The van der Waals surface area contributed by atoms with Gasteiger partial charge in [-0.1, -0.05) is 15.9 Å². The molecule has 0 amide bonds. The number of hydrogen-bond acceptors (Lipinski definition) is 4. The highest BCUT2D eigenvalue weighted by molar-refractivity contribution is 9.09. The molecular formula is C10H5BrF3NO4. The van der Waals surface area contributed by atoms with Crippen LogP contribution in [0.2, 0.25) is 0 Å². The zero-order valence-corrected chi connectivity index (χ0v) is 10.6. The van der Waals surface area contributed by atoms with Crippen LogP contribution in [0.25, 0.3) is 0 Å². The topological polar surface area (TPSA) is 77.3 Å². The van der Waals surface area contributed by atoms with Gasteiger partial charge in [-0.05, 0) is 6.07 Å². The van der Waals surface area contributed by atoms with E-state index in [9.17, 15) is 32.9 Å². The summed E-state index contributed by atoms with van der Waals surface area (Å²) in [5, 5.41) is 10.2. The van der Waals surface area contributed by atoms with E-state index in [4.69, 9.17) is 0 Å². The van der Waals surface area contributed by atoms with Gasteiger partial charge in [0.15, 0.2) is 5.78 Å². The van der Waals surface area contributed by atoms with Gasteiger partial charge in [0, 0.05) is 17.2 Å². The van der Waals surface area contributed by atoms with Gasteiger partial charge in [0.1, 0.15) is 11.8 Å². The fourth-order valence-electron chi connectivity index (χ4n) is 1.45. The summed E-state index contributed by atoms with van der Waals surface area (Å²) in [6, 6.07) is 1.17. The number of halogens is 4. The molecule has 0 aliphatic carbocycles. The maximum atomic E-state index is 12.8. The molecule has 0 aromatic heterocycles. The fourth-order valence-corrected chi connectivity index (χ4v) is 1.75. The predicted octanol–water partition coefficient (Wildman–Crippen LogP) is 3.00. The molecule has 19 heavy (non-hydrogen) atoms. The van der Waals surface area contributed by atoms with E-state index in [1.165, 1.54) is 0 Å². The van der Waals surface area contributed by atoms with Crippen LogP contribution in [0.1, 0.15) is 26.3 Å². The number of nitro groups is 1. The third kappa shape index (κ3) is 3.16. The minimum atomic E-state index is -5.07. The largest absolute Gasteiger partial charge is 0.423 e. The van der Waals surface area contributed by atoms with Gasteiger partial charge >= 0.3 is 6.18 Å². The van der Waals surface area contributed by atoms with E-state index in [-0.39, 0.29) is 11.8 Å². The number of aldehydes is 1. The van der Waals surface area contributed by atoms with Crippen molar-refractivity contribution in [3.8, 4) is 0 Å². The minimum Gasteiger partial charge on any atom is -0.298 e. The molecule has 0 N–H and O–H groups in total. The lowest BCUT2D eigenvalue weighted by molar-refractivity contribution is -0.388. The molecule has 0 saturated carbocycles. The van der Waals surface area contributed by atoms with Crippen LogP contribution in [0, 0.1) is 10.1 Å². The Balaban J connectivity index is 3.76. The van der Waals surface area contributed by atoms with Crippen LogP contribution >= 0.6 is 15.9 Å². The van der Waals surface area contributed by atoms with Crippen molar-refractivity contribution in [1.82, 2.24) is 0 Å². The summed E-state index contributed by atoms with van der Waals surface area (Å²) < 4.78 is 38.5. The molecule has 0 radical (unpaired) electrons. The highest BCUT2D eigenvalue weighted by Crippen LogP contribution is 2.39. The molecule has 0 bridgehead atoms. The monoisotopic (exact) mass is 339 g/mol. The fraction of sp³-hybridized carbons (Fsp3) is 0.200. The predicted molar refractivity (Wildman–Crippen MR) is 61.6 cm³/mol. The number of Topliss-reactive ketones (excluding diaryl/α,β-unsaturated/α-hetero) is 1. The SMILES string of the molecule is O=Cc1cc(C(=O)CBr)c(C(F)(F)F)c([N+](=O)[O-])c1. The number of carbonyl (C=O) groups excluding carboxylic acids is 2. The summed E-state index contributed by atoms with van der Waals surface area (Å²) in [7, 11) is 0. The lowest BCUT2D eigenvalue weighted by atomic mass is 9.99. The molecule has 0 heterocycles. The van der Waals surface area contributed by atoms with Gasteiger partial charge in [0.05, 0.1) is 10.3 Å². The molecule has 1 rings (SSSR count). The molecule has 0 saturated heterocycles. The average molecular weight is 340 g/mol. The van der Waals surface area contributed by atoms with Gasteiger partial charge < -0.3 is 0 Å². The quantitative estimate of drug-likeness (QED) is 0.278. The van der Waals surface area contributed by atoms with Crippen molar-refractivity contribution in [2.24, 2.45) is 0 Å². The van der Waals surface area contributed by atoms with Crippen molar-refractivity contribution in [2.75, 3.05) is 5.33 Å². The average Bonchev–Trinajstić information content (AvgIpc) is 2.34. The van der Waals surface area contributed by atoms with Gasteiger partial charge in [-0.2, -0.15) is 13.2 Å². The first-order valence-electron chi connectivity index (χ1n) is 4.66. The Labute approximate surface area is 112 Å². The van der Waals surface area contributed by atoms with Gasteiger partial charge in [-0.25, -0.2) is 0 Å². The Kier molecular flexibility index (Phi) is 4.40. The smallest absolute Gasteiger partial charge is 0.298 e. The van der Waals surface area contributed by atoms with E-state index >= 15 is 0 Å². The van der Waals surface area contributed by atoms with Crippen LogP contribution < -0.4 is 0 Å². The van der Waals surface area contributed by atoms with Gasteiger partial charge in [0.25, 0.3) is 5.69 Å². The number of benzene rings is 1. The molecule has 0 fully saturated rings. The van der Waals surface area contributed by atoms with Crippen LogP contribution in [-0.2, 0) is 6.18 Å². The highest BCUT2D eigenvalue weighted by atomic mass is 79.9. The lowest BCUT2D eigenvalue weighted by Crippen LogP contribution is -2.17. The Hall–Kier alpha value is -1.77. The number of nitro benzene ring substituents is 1. The van der Waals surface area contributed by atoms with Crippen molar-refractivity contribution in [3.63, 3.8) is 0 Å². The third-order valence-corrected chi connectivity index (χ3v) is 2.69. The van der Waals surface area contributed by atoms with Crippen LogP contribution in [-0.4, -0.2) is 22.3 Å². The van der Waals surface area contributed by atoms with Crippen molar-refractivity contribution in [1.29, 1.82) is 0 Å². The molecule has 5 nitrogen and oxygen atoms in total. The Morgan fingerprint density at radius 1 is 1.42 bits per heavy atom. The van der Waals surface area contributed by atoms with Gasteiger partial charge in [-0.15, -0.1) is 0 Å². The standard InChI is InChI=1S/C10H5BrF3NO4/c11-3-8(17)6-1-5(4-16)2-7(15(18)19)9(6)10(12,13)14/h1-2,4H,3H2. The van der Waals surface area contributed by atoms with Crippen LogP contribution in [0.5, 0.6) is 0 Å². The molecule has 9 heteroatoms. The first-order chi connectivity index (χ1) is 8.72. The first kappa shape index (κ1) is 15.3. The second kappa shape index (κ2) is 5.47. The number of rotatable bonds is 4. The van der Waals surface area contributed by atoms with Crippen molar-refractivity contribution >= 4 is 33.7 Å². The highest BCUT2D eigenvalue weighted by Gasteiger charge is 2.42. The molecule has 102 valence electrons. The normalized spacial score (nSPS) is 11.2. The number of nitrogens with zero attached hydrogens (tertiary/aromatic N) is 1. The molecule has 0 aliphatic rings. The molecule has 1 aromatic carbocycles. The van der Waals surface area contributed by atoms with E-state index in [0.29, 0.717) is 12.1 Å². The number of hydrogen-bond donors (Lipinski definition) is 0. The van der Waals surface area contributed by atoms with Crippen molar-refractivity contribution in [3.05, 3.63) is 38.9 Å². The Morgan fingerprint density at radius 3 is 2.37 bits per heavy atom. The molecular weight excluding hydrogens is 335 g/mol. The first-order valence-corrected chi connectivity index (χ1v) is 5.78. The van der Waals surface area contributed by atoms with E-state index < -0.39 is 39.0 Å². The van der Waals surface area contributed by atoms with E-state index in [1.54, 1.807) is 0 Å². The van der Waals surface area contributed by atoms with Crippen LogP contribution in [0.3, 0.4) is 0 Å². The zero-order valence-electron chi connectivity index (χ0n) is 9.03. The van der Waals surface area contributed by atoms with Gasteiger partial charge in [-0.3, -0.25) is 19.7 Å². The van der Waals surface area contributed by atoms with E-state index in [2.05, 4.69) is 15.9 Å². The van der Waals surface area contributed by atoms with Gasteiger partial charge in [0.2, 0.25) is 0 Å². The summed E-state index contributed by atoms with van der Waals surface area (Å²) in [4.78, 5) is 31.4. The van der Waals surface area contributed by atoms with Crippen molar-refractivity contribution < 1.29 is 27.7 Å². The third-order valence-electron chi connectivity index (χ3n) is 2.18. The van der Waals surface area contributed by atoms with E-state index in [0.717, 1.165) is 0 Å². The maximum absolute atomic E-state index is 12.8. The second-order valence-corrected chi connectivity index (χ2v) is 3.95. The summed E-state index contributed by atoms with van der Waals surface area (Å²) >= 11 is 2.69. The molecule has 1 aromatic rings. The summed E-state index contributed by atoms with van der Waals surface area (Å²) in [6.45, 7) is 0. The van der Waals surface area contributed by atoms with Crippen LogP contribution in [0.4, 0.5) is 18.9 Å². The number of ketones is 1. The minimum absolute atomic E-state index is 0.137. The summed E-state index contributed by atoms with van der Waals surface area (Å²) in [5.41, 5.74) is -4.24.